The van der Waals surface area contributed by atoms with Gasteiger partial charge in [0.05, 0.1) is 5.52 Å². The topological polar surface area (TPSA) is 83.4 Å². The SMILES string of the molecule is OCC1CCN(c2nccnc2OC2CC(Nc3ccc4ccccc4n3)C2)CC1. The van der Waals surface area contributed by atoms with Crippen LogP contribution in [0.1, 0.15) is 25.7 Å². The van der Waals surface area contributed by atoms with Crippen molar-refractivity contribution in [1.82, 2.24) is 15.0 Å². The summed E-state index contributed by atoms with van der Waals surface area (Å²) in [6.45, 7) is 2.02. The molecule has 2 N–H and O–H groups in total. The number of para-hydroxylation sites is 1. The number of aromatic nitrogens is 3. The third-order valence-electron chi connectivity index (χ3n) is 6.14. The average molecular weight is 406 g/mol. The molecule has 1 aliphatic heterocycles. The lowest BCUT2D eigenvalue weighted by Crippen LogP contribution is -2.43. The smallest absolute Gasteiger partial charge is 0.257 e. The fraction of sp³-hybridized carbons (Fsp3) is 0.435. The molecule has 0 atom stereocenters. The molecule has 0 radical (unpaired) electrons. The van der Waals surface area contributed by atoms with Crippen molar-refractivity contribution in [1.29, 1.82) is 0 Å². The van der Waals surface area contributed by atoms with E-state index in [2.05, 4.69) is 32.3 Å². The molecular weight excluding hydrogens is 378 g/mol. The Kier molecular flexibility index (Phi) is 5.36. The summed E-state index contributed by atoms with van der Waals surface area (Å²) >= 11 is 0. The first-order chi connectivity index (χ1) is 14.8. The lowest BCUT2D eigenvalue weighted by atomic mass is 9.89. The molecule has 1 aliphatic carbocycles. The van der Waals surface area contributed by atoms with Crippen LogP contribution in [0.4, 0.5) is 11.6 Å². The Balaban J connectivity index is 1.17. The van der Waals surface area contributed by atoms with Crippen molar-refractivity contribution < 1.29 is 9.84 Å². The normalized spacial score (nSPS) is 22.0. The third-order valence-corrected chi connectivity index (χ3v) is 6.14. The van der Waals surface area contributed by atoms with Gasteiger partial charge in [-0.1, -0.05) is 18.2 Å². The molecule has 3 heterocycles. The highest BCUT2D eigenvalue weighted by Gasteiger charge is 2.33. The highest BCUT2D eigenvalue weighted by atomic mass is 16.5. The molecular formula is C23H27N5O2. The molecule has 5 rings (SSSR count). The van der Waals surface area contributed by atoms with Gasteiger partial charge in [-0.15, -0.1) is 0 Å². The van der Waals surface area contributed by atoms with E-state index in [0.717, 1.165) is 61.3 Å². The molecule has 1 saturated heterocycles. The minimum Gasteiger partial charge on any atom is -0.472 e. The monoisotopic (exact) mass is 405 g/mol. The van der Waals surface area contributed by atoms with Gasteiger partial charge in [-0.2, -0.15) is 0 Å². The molecule has 2 aromatic heterocycles. The van der Waals surface area contributed by atoms with E-state index in [4.69, 9.17) is 9.72 Å². The summed E-state index contributed by atoms with van der Waals surface area (Å²) in [6.07, 6.45) is 7.31. The highest BCUT2D eigenvalue weighted by Crippen LogP contribution is 2.33. The number of fused-ring (bicyclic) bond motifs is 1. The van der Waals surface area contributed by atoms with Gasteiger partial charge < -0.3 is 20.1 Å². The van der Waals surface area contributed by atoms with Gasteiger partial charge in [-0.3, -0.25) is 0 Å². The summed E-state index contributed by atoms with van der Waals surface area (Å²) in [5, 5.41) is 14.0. The number of aliphatic hydroxyl groups excluding tert-OH is 1. The van der Waals surface area contributed by atoms with E-state index >= 15 is 0 Å². The molecule has 3 aromatic rings. The highest BCUT2D eigenvalue weighted by molar-refractivity contribution is 5.80. The maximum atomic E-state index is 9.36. The Morgan fingerprint density at radius 2 is 1.83 bits per heavy atom. The van der Waals surface area contributed by atoms with Crippen LogP contribution in [0.25, 0.3) is 10.9 Å². The molecule has 1 aromatic carbocycles. The Hall–Kier alpha value is -2.93. The van der Waals surface area contributed by atoms with E-state index in [1.165, 1.54) is 0 Å². The first kappa shape index (κ1) is 19.1. The first-order valence-electron chi connectivity index (χ1n) is 10.7. The van der Waals surface area contributed by atoms with E-state index in [1.807, 2.05) is 24.3 Å². The standard InChI is InChI=1S/C23H27N5O2/c29-15-16-7-11-28(12-8-16)22-23(25-10-9-24-22)30-19-13-18(14-19)26-21-6-5-17-3-1-2-4-20(17)27-21/h1-6,9-10,16,18-19,29H,7-8,11-15H2,(H,26,27). The van der Waals surface area contributed by atoms with Crippen LogP contribution in [-0.4, -0.2) is 51.9 Å². The number of anilines is 2. The van der Waals surface area contributed by atoms with Crippen molar-refractivity contribution >= 4 is 22.5 Å². The maximum absolute atomic E-state index is 9.36. The van der Waals surface area contributed by atoms with Gasteiger partial charge >= 0.3 is 0 Å². The molecule has 1 saturated carbocycles. The fourth-order valence-corrected chi connectivity index (χ4v) is 4.24. The Bertz CT molecular complexity index is 1000. The number of nitrogens with one attached hydrogen (secondary N) is 1. The number of nitrogens with zero attached hydrogens (tertiary/aromatic N) is 4. The Morgan fingerprint density at radius 3 is 2.67 bits per heavy atom. The van der Waals surface area contributed by atoms with Crippen molar-refractivity contribution in [3.63, 3.8) is 0 Å². The molecule has 7 heteroatoms. The Labute approximate surface area is 176 Å². The van der Waals surface area contributed by atoms with Crippen LogP contribution < -0.4 is 15.0 Å². The third kappa shape index (κ3) is 4.03. The summed E-state index contributed by atoms with van der Waals surface area (Å²) in [6, 6.07) is 12.6. The van der Waals surface area contributed by atoms with Crippen LogP contribution in [0.2, 0.25) is 0 Å². The van der Waals surface area contributed by atoms with Crippen LogP contribution >= 0.6 is 0 Å². The van der Waals surface area contributed by atoms with Gasteiger partial charge in [-0.05, 0) is 37.0 Å². The molecule has 2 aliphatic rings. The number of piperidine rings is 1. The van der Waals surface area contributed by atoms with E-state index < -0.39 is 0 Å². The number of hydrogen-bond donors (Lipinski definition) is 2. The minimum absolute atomic E-state index is 0.133. The second-order valence-corrected chi connectivity index (χ2v) is 8.24. The number of ether oxygens (including phenoxy) is 1. The summed E-state index contributed by atoms with van der Waals surface area (Å²) < 4.78 is 6.20. The molecule has 7 nitrogen and oxygen atoms in total. The van der Waals surface area contributed by atoms with E-state index in [-0.39, 0.29) is 12.7 Å². The summed E-state index contributed by atoms with van der Waals surface area (Å²) in [4.78, 5) is 15.9. The number of rotatable bonds is 6. The molecule has 156 valence electrons. The van der Waals surface area contributed by atoms with E-state index in [9.17, 15) is 5.11 Å². The van der Waals surface area contributed by atoms with Crippen molar-refractivity contribution in [2.75, 3.05) is 29.9 Å². The molecule has 0 amide bonds. The quantitative estimate of drug-likeness (QED) is 0.651. The minimum atomic E-state index is 0.133. The molecule has 0 unspecified atom stereocenters. The van der Waals surface area contributed by atoms with Crippen molar-refractivity contribution in [2.24, 2.45) is 5.92 Å². The van der Waals surface area contributed by atoms with Crippen molar-refractivity contribution in [3.05, 3.63) is 48.8 Å². The maximum Gasteiger partial charge on any atom is 0.257 e. The largest absolute Gasteiger partial charge is 0.472 e. The van der Waals surface area contributed by atoms with E-state index in [1.54, 1.807) is 12.4 Å². The fourth-order valence-electron chi connectivity index (χ4n) is 4.24. The van der Waals surface area contributed by atoms with E-state index in [0.29, 0.717) is 17.8 Å². The number of aliphatic hydroxyl groups is 1. The van der Waals surface area contributed by atoms with Gasteiger partial charge in [0.25, 0.3) is 5.88 Å². The lowest BCUT2D eigenvalue weighted by molar-refractivity contribution is 0.102. The number of benzene rings is 1. The van der Waals surface area contributed by atoms with Crippen molar-refractivity contribution in [2.45, 2.75) is 37.8 Å². The van der Waals surface area contributed by atoms with Gasteiger partial charge in [0.1, 0.15) is 11.9 Å². The van der Waals surface area contributed by atoms with Crippen molar-refractivity contribution in [3.8, 4) is 5.88 Å². The molecule has 2 fully saturated rings. The van der Waals surface area contributed by atoms with Gasteiger partial charge in [0.2, 0.25) is 0 Å². The zero-order chi connectivity index (χ0) is 20.3. The van der Waals surface area contributed by atoms with Gasteiger partial charge in [0.15, 0.2) is 5.82 Å². The van der Waals surface area contributed by atoms with Crippen LogP contribution in [0.3, 0.4) is 0 Å². The average Bonchev–Trinajstić information content (AvgIpc) is 2.78. The first-order valence-corrected chi connectivity index (χ1v) is 10.7. The predicted molar refractivity (Wildman–Crippen MR) is 117 cm³/mol. The van der Waals surface area contributed by atoms with Gasteiger partial charge in [0, 0.05) is 56.4 Å². The van der Waals surface area contributed by atoms with Crippen LogP contribution in [0.5, 0.6) is 5.88 Å². The van der Waals surface area contributed by atoms with Crippen LogP contribution in [0, 0.1) is 5.92 Å². The number of hydrogen-bond acceptors (Lipinski definition) is 7. The second-order valence-electron chi connectivity index (χ2n) is 8.24. The predicted octanol–water partition coefficient (Wildman–Crippen LogP) is 3.26. The summed E-state index contributed by atoms with van der Waals surface area (Å²) in [5.74, 6) is 2.74. The zero-order valence-electron chi connectivity index (χ0n) is 16.9. The van der Waals surface area contributed by atoms with Crippen LogP contribution in [-0.2, 0) is 0 Å². The number of pyridine rings is 1. The van der Waals surface area contributed by atoms with Crippen LogP contribution in [0.15, 0.2) is 48.8 Å². The second kappa shape index (κ2) is 8.44. The molecule has 0 spiro atoms. The Morgan fingerprint density at radius 1 is 1.03 bits per heavy atom. The molecule has 30 heavy (non-hydrogen) atoms. The summed E-state index contributed by atoms with van der Waals surface area (Å²) in [7, 11) is 0. The molecule has 0 bridgehead atoms. The summed E-state index contributed by atoms with van der Waals surface area (Å²) in [5.41, 5.74) is 1.00. The lowest BCUT2D eigenvalue weighted by Gasteiger charge is -2.37. The zero-order valence-corrected chi connectivity index (χ0v) is 16.9. The van der Waals surface area contributed by atoms with Gasteiger partial charge in [-0.25, -0.2) is 15.0 Å².